The van der Waals surface area contributed by atoms with Crippen molar-refractivity contribution in [3.8, 4) is 0 Å². The number of thioether (sulfide) groups is 1. The first-order chi connectivity index (χ1) is 13.4. The molecule has 148 valence electrons. The van der Waals surface area contributed by atoms with Crippen LogP contribution in [0, 0.1) is 6.92 Å². The van der Waals surface area contributed by atoms with Crippen molar-refractivity contribution in [2.45, 2.75) is 43.3 Å². The average molecular weight is 418 g/mol. The number of amides is 1. The second kappa shape index (κ2) is 9.39. The number of hydrogen-bond acceptors (Lipinski definition) is 6. The third-order valence-corrected chi connectivity index (χ3v) is 6.75. The van der Waals surface area contributed by atoms with Crippen molar-refractivity contribution in [2.75, 3.05) is 18.1 Å². The average Bonchev–Trinajstić information content (AvgIpc) is 3.04. The summed E-state index contributed by atoms with van der Waals surface area (Å²) >= 11 is 3.17. The van der Waals surface area contributed by atoms with Crippen molar-refractivity contribution in [3.05, 3.63) is 46.2 Å². The smallest absolute Gasteiger partial charge is 0.306 e. The molecular weight excluding hydrogens is 394 g/mol. The lowest BCUT2D eigenvalue weighted by Crippen LogP contribution is -2.35. The maximum absolute atomic E-state index is 12.7. The van der Waals surface area contributed by atoms with E-state index in [0.29, 0.717) is 16.7 Å². The summed E-state index contributed by atoms with van der Waals surface area (Å²) in [6, 6.07) is 11.4. The van der Waals surface area contributed by atoms with Crippen molar-refractivity contribution in [2.24, 2.45) is 0 Å². The molecule has 0 saturated carbocycles. The van der Waals surface area contributed by atoms with E-state index in [2.05, 4.69) is 6.92 Å². The molecule has 1 aromatic heterocycles. The minimum Gasteiger partial charge on any atom is -0.456 e. The van der Waals surface area contributed by atoms with E-state index < -0.39 is 5.97 Å². The highest BCUT2D eigenvalue weighted by molar-refractivity contribution is 8.00. The molecule has 1 atom stereocenters. The number of nitrogens with zero attached hydrogens (tertiary/aromatic N) is 1. The van der Waals surface area contributed by atoms with Gasteiger partial charge in [-0.1, -0.05) is 19.1 Å². The van der Waals surface area contributed by atoms with Gasteiger partial charge in [-0.3, -0.25) is 14.4 Å². The van der Waals surface area contributed by atoms with Gasteiger partial charge >= 0.3 is 5.97 Å². The summed E-state index contributed by atoms with van der Waals surface area (Å²) in [4.78, 5) is 41.2. The number of fused-ring (bicyclic) bond motifs is 1. The second-order valence-electron chi connectivity index (χ2n) is 6.72. The topological polar surface area (TPSA) is 63.7 Å². The Kier molecular flexibility index (Phi) is 6.91. The van der Waals surface area contributed by atoms with Crippen LogP contribution in [0.1, 0.15) is 40.7 Å². The van der Waals surface area contributed by atoms with Crippen LogP contribution in [0.4, 0.5) is 5.69 Å². The van der Waals surface area contributed by atoms with Gasteiger partial charge in [0.2, 0.25) is 0 Å². The first-order valence-corrected chi connectivity index (χ1v) is 10.9. The van der Waals surface area contributed by atoms with Gasteiger partial charge in [-0.2, -0.15) is 0 Å². The molecule has 0 bridgehead atoms. The van der Waals surface area contributed by atoms with Gasteiger partial charge in [-0.15, -0.1) is 23.1 Å². The number of ether oxygens (including phenoxy) is 1. The Balaban J connectivity index is 1.52. The van der Waals surface area contributed by atoms with Gasteiger partial charge in [0.15, 0.2) is 12.4 Å². The van der Waals surface area contributed by atoms with Crippen LogP contribution in [0.15, 0.2) is 41.3 Å². The highest BCUT2D eigenvalue weighted by Crippen LogP contribution is 2.37. The summed E-state index contributed by atoms with van der Waals surface area (Å²) in [5.41, 5.74) is 0.862. The fourth-order valence-electron chi connectivity index (χ4n) is 2.96. The predicted octanol–water partition coefficient (Wildman–Crippen LogP) is 4.48. The minimum atomic E-state index is -0.527. The van der Waals surface area contributed by atoms with Crippen molar-refractivity contribution in [1.82, 2.24) is 0 Å². The summed E-state index contributed by atoms with van der Waals surface area (Å²) in [6.45, 7) is 4.36. The quantitative estimate of drug-likeness (QED) is 0.512. The molecule has 0 spiro atoms. The number of para-hydroxylation sites is 1. The third kappa shape index (κ3) is 5.23. The molecule has 0 fully saturated rings. The van der Waals surface area contributed by atoms with Crippen LogP contribution in [0.25, 0.3) is 0 Å². The Bertz CT molecular complexity index is 877. The van der Waals surface area contributed by atoms with Gasteiger partial charge in [-0.05, 0) is 37.6 Å². The summed E-state index contributed by atoms with van der Waals surface area (Å²) in [6.07, 6.45) is 0.938. The van der Waals surface area contributed by atoms with Crippen molar-refractivity contribution in [3.63, 3.8) is 0 Å². The van der Waals surface area contributed by atoms with E-state index in [-0.39, 0.29) is 31.1 Å². The highest BCUT2D eigenvalue weighted by Gasteiger charge is 2.25. The third-order valence-electron chi connectivity index (χ3n) is 4.47. The van der Waals surface area contributed by atoms with Crippen molar-refractivity contribution in [1.29, 1.82) is 0 Å². The molecule has 1 amide bonds. The van der Waals surface area contributed by atoms with E-state index in [1.807, 2.05) is 37.3 Å². The van der Waals surface area contributed by atoms with E-state index in [0.717, 1.165) is 21.9 Å². The number of anilines is 1. The van der Waals surface area contributed by atoms with Crippen molar-refractivity contribution >= 4 is 46.4 Å². The van der Waals surface area contributed by atoms with Gasteiger partial charge in [0, 0.05) is 28.0 Å². The number of benzene rings is 1. The maximum atomic E-state index is 12.7. The standard InChI is InChI=1S/C21H23NO4S2/c1-14-7-9-19(28-14)17(23)8-10-21(25)26-13-20(24)22-12-11-15(2)27-18-6-4-3-5-16(18)22/h3-7,9,15H,8,10-13H2,1-2H3/t15-/m0/s1. The zero-order valence-corrected chi connectivity index (χ0v) is 17.6. The molecule has 7 heteroatoms. The molecule has 2 aromatic rings. The predicted molar refractivity (Wildman–Crippen MR) is 112 cm³/mol. The lowest BCUT2D eigenvalue weighted by atomic mass is 10.2. The fraction of sp³-hybridized carbons (Fsp3) is 0.381. The minimum absolute atomic E-state index is 0.0213. The molecule has 0 N–H and O–H groups in total. The number of thiophene rings is 1. The molecule has 0 unspecified atom stereocenters. The Morgan fingerprint density at radius 3 is 2.68 bits per heavy atom. The first-order valence-electron chi connectivity index (χ1n) is 9.25. The molecule has 5 nitrogen and oxygen atoms in total. The number of carbonyl (C=O) groups excluding carboxylic acids is 3. The van der Waals surface area contributed by atoms with Gasteiger partial charge in [0.25, 0.3) is 5.91 Å². The number of Topliss-reactive ketones (excluding diaryl/α,β-unsaturated/α-hetero) is 1. The molecule has 0 radical (unpaired) electrons. The van der Waals surface area contributed by atoms with E-state index in [9.17, 15) is 14.4 Å². The monoisotopic (exact) mass is 417 g/mol. The first kappa shape index (κ1) is 20.6. The molecule has 0 aliphatic carbocycles. The number of esters is 1. The molecule has 0 saturated heterocycles. The van der Waals surface area contributed by atoms with E-state index in [1.165, 1.54) is 11.3 Å². The van der Waals surface area contributed by atoms with Crippen molar-refractivity contribution < 1.29 is 19.1 Å². The van der Waals surface area contributed by atoms with Gasteiger partial charge < -0.3 is 9.64 Å². The Hall–Kier alpha value is -2.12. The maximum Gasteiger partial charge on any atom is 0.306 e. The molecule has 2 heterocycles. The molecule has 3 rings (SSSR count). The largest absolute Gasteiger partial charge is 0.456 e. The lowest BCUT2D eigenvalue weighted by Gasteiger charge is -2.22. The summed E-state index contributed by atoms with van der Waals surface area (Å²) in [5, 5.41) is 0.411. The SMILES string of the molecule is Cc1ccc(C(=O)CCC(=O)OCC(=O)N2CC[C@H](C)Sc3ccccc32)s1. The van der Waals surface area contributed by atoms with Gasteiger partial charge in [-0.25, -0.2) is 0 Å². The van der Waals surface area contributed by atoms with E-state index >= 15 is 0 Å². The van der Waals surface area contributed by atoms with Crippen LogP contribution in [-0.4, -0.2) is 36.1 Å². The van der Waals surface area contributed by atoms with Gasteiger partial charge in [0.1, 0.15) is 0 Å². The Morgan fingerprint density at radius 1 is 1.14 bits per heavy atom. The van der Waals surface area contributed by atoms with Crippen LogP contribution in [0.2, 0.25) is 0 Å². The number of carbonyl (C=O) groups is 3. The Labute approximate surface area is 173 Å². The van der Waals surface area contributed by atoms with Crippen LogP contribution in [0.5, 0.6) is 0 Å². The number of ketones is 1. The zero-order valence-electron chi connectivity index (χ0n) is 16.0. The van der Waals surface area contributed by atoms with E-state index in [4.69, 9.17) is 4.74 Å². The van der Waals surface area contributed by atoms with Gasteiger partial charge in [0.05, 0.1) is 17.0 Å². The Morgan fingerprint density at radius 2 is 1.93 bits per heavy atom. The van der Waals surface area contributed by atoms with Crippen LogP contribution in [-0.2, 0) is 14.3 Å². The summed E-state index contributed by atoms with van der Waals surface area (Å²) < 4.78 is 5.15. The molecule has 1 aliphatic heterocycles. The number of hydrogen-bond donors (Lipinski definition) is 0. The van der Waals surface area contributed by atoms with Crippen LogP contribution in [0.3, 0.4) is 0 Å². The van der Waals surface area contributed by atoms with E-state index in [1.54, 1.807) is 22.7 Å². The second-order valence-corrected chi connectivity index (χ2v) is 9.49. The molecular formula is C21H23NO4S2. The van der Waals surface area contributed by atoms with Crippen LogP contribution >= 0.6 is 23.1 Å². The fourth-order valence-corrected chi connectivity index (χ4v) is 4.91. The summed E-state index contributed by atoms with van der Waals surface area (Å²) in [7, 11) is 0. The lowest BCUT2D eigenvalue weighted by molar-refractivity contribution is -0.147. The zero-order chi connectivity index (χ0) is 20.1. The summed E-state index contributed by atoms with van der Waals surface area (Å²) in [5.74, 6) is -0.842. The normalized spacial score (nSPS) is 16.2. The number of aryl methyl sites for hydroxylation is 1. The molecule has 28 heavy (non-hydrogen) atoms. The highest BCUT2D eigenvalue weighted by atomic mass is 32.2. The van der Waals surface area contributed by atoms with Crippen LogP contribution < -0.4 is 4.90 Å². The molecule has 1 aliphatic rings. The molecule has 1 aromatic carbocycles. The number of rotatable bonds is 6.